The number of aliphatic hydroxyl groups is 3. The van der Waals surface area contributed by atoms with Crippen molar-refractivity contribution in [2.24, 2.45) is 5.92 Å². The second-order valence-electron chi connectivity index (χ2n) is 7.34. The molecular formula is C21H28FNO7. The molecule has 0 aliphatic heterocycles. The van der Waals surface area contributed by atoms with Crippen molar-refractivity contribution >= 4 is 11.9 Å². The van der Waals surface area contributed by atoms with Crippen molar-refractivity contribution in [3.8, 4) is 5.75 Å². The molecule has 5 atom stereocenters. The summed E-state index contributed by atoms with van der Waals surface area (Å²) in [5.74, 6) is -2.18. The summed E-state index contributed by atoms with van der Waals surface area (Å²) in [6.07, 6.45) is 1.96. The molecule has 1 aliphatic carbocycles. The Kier molecular flexibility index (Phi) is 9.22. The van der Waals surface area contributed by atoms with E-state index in [0.29, 0.717) is 25.0 Å². The minimum Gasteiger partial charge on any atom is -0.490 e. The number of unbranched alkanes of at least 4 members (excludes halogenated alkanes) is 1. The molecule has 1 saturated carbocycles. The van der Waals surface area contributed by atoms with Crippen LogP contribution in [0.3, 0.4) is 0 Å². The molecule has 1 fully saturated rings. The van der Waals surface area contributed by atoms with Crippen molar-refractivity contribution < 1.29 is 39.1 Å². The number of carbonyl (C=O) groups is 2. The van der Waals surface area contributed by atoms with Gasteiger partial charge in [-0.3, -0.25) is 9.59 Å². The van der Waals surface area contributed by atoms with Crippen LogP contribution in [-0.4, -0.2) is 63.3 Å². The fraction of sp³-hybridized carbons (Fsp3) is 0.524. The van der Waals surface area contributed by atoms with E-state index < -0.39 is 48.0 Å². The molecular weight excluding hydrogens is 397 g/mol. The molecule has 2 rings (SSSR count). The van der Waals surface area contributed by atoms with Crippen molar-refractivity contribution in [3.63, 3.8) is 0 Å². The molecule has 9 heteroatoms. The molecule has 0 heterocycles. The Morgan fingerprint density at radius 3 is 2.57 bits per heavy atom. The van der Waals surface area contributed by atoms with E-state index in [-0.39, 0.29) is 19.4 Å². The van der Waals surface area contributed by atoms with E-state index in [1.807, 2.05) is 6.08 Å². The molecule has 166 valence electrons. The predicted octanol–water partition coefficient (Wildman–Crippen LogP) is 0.993. The monoisotopic (exact) mass is 425 g/mol. The molecule has 1 amide bonds. The van der Waals surface area contributed by atoms with E-state index in [1.54, 1.807) is 6.08 Å². The molecule has 0 aromatic heterocycles. The SMILES string of the molecule is O=C(O)CCC/C=C\C[C@@H]1[C@@H](NC(=O)[C@@H](O)COc2ccc(F)cc2)[C@H](O)C[C@@H]1O. The first-order valence-electron chi connectivity index (χ1n) is 9.87. The number of hydrogen-bond acceptors (Lipinski definition) is 6. The molecule has 1 aromatic rings. The highest BCUT2D eigenvalue weighted by atomic mass is 19.1. The van der Waals surface area contributed by atoms with Gasteiger partial charge in [0.2, 0.25) is 0 Å². The first kappa shape index (κ1) is 23.8. The number of halogens is 1. The van der Waals surface area contributed by atoms with Crippen LogP contribution in [0.4, 0.5) is 4.39 Å². The van der Waals surface area contributed by atoms with Gasteiger partial charge in [0, 0.05) is 18.8 Å². The molecule has 0 saturated heterocycles. The van der Waals surface area contributed by atoms with Crippen molar-refractivity contribution in [1.82, 2.24) is 5.32 Å². The van der Waals surface area contributed by atoms with Gasteiger partial charge in [0.15, 0.2) is 6.10 Å². The van der Waals surface area contributed by atoms with Crippen LogP contribution in [0.2, 0.25) is 0 Å². The van der Waals surface area contributed by atoms with Crippen LogP contribution in [-0.2, 0) is 9.59 Å². The molecule has 0 unspecified atom stereocenters. The molecule has 1 aromatic carbocycles. The molecule has 30 heavy (non-hydrogen) atoms. The van der Waals surface area contributed by atoms with E-state index >= 15 is 0 Å². The number of ether oxygens (including phenoxy) is 1. The van der Waals surface area contributed by atoms with Gasteiger partial charge < -0.3 is 30.5 Å². The fourth-order valence-electron chi connectivity index (χ4n) is 3.38. The number of aliphatic hydroxyl groups excluding tert-OH is 3. The molecule has 1 aliphatic rings. The highest BCUT2D eigenvalue weighted by Gasteiger charge is 2.42. The zero-order chi connectivity index (χ0) is 22.1. The quantitative estimate of drug-likeness (QED) is 0.263. The van der Waals surface area contributed by atoms with Crippen molar-refractivity contribution in [2.75, 3.05) is 6.61 Å². The van der Waals surface area contributed by atoms with Crippen molar-refractivity contribution in [2.45, 2.75) is 56.5 Å². The second-order valence-corrected chi connectivity index (χ2v) is 7.34. The highest BCUT2D eigenvalue weighted by molar-refractivity contribution is 5.81. The number of hydrogen-bond donors (Lipinski definition) is 5. The summed E-state index contributed by atoms with van der Waals surface area (Å²) < 4.78 is 18.1. The lowest BCUT2D eigenvalue weighted by atomic mass is 9.96. The van der Waals surface area contributed by atoms with Crippen LogP contribution in [0, 0.1) is 11.7 Å². The lowest BCUT2D eigenvalue weighted by Gasteiger charge is -2.25. The number of carboxylic acid groups (broad SMARTS) is 1. The van der Waals surface area contributed by atoms with Crippen LogP contribution >= 0.6 is 0 Å². The van der Waals surface area contributed by atoms with Crippen molar-refractivity contribution in [1.29, 1.82) is 0 Å². The van der Waals surface area contributed by atoms with Gasteiger partial charge >= 0.3 is 5.97 Å². The Labute approximate surface area is 174 Å². The maximum absolute atomic E-state index is 12.9. The topological polar surface area (TPSA) is 136 Å². The summed E-state index contributed by atoms with van der Waals surface area (Å²) >= 11 is 0. The van der Waals surface area contributed by atoms with Gasteiger partial charge in [-0.05, 0) is 43.5 Å². The first-order chi connectivity index (χ1) is 14.3. The highest BCUT2D eigenvalue weighted by Crippen LogP contribution is 2.30. The normalized spacial score (nSPS) is 24.7. The van der Waals surface area contributed by atoms with Gasteiger partial charge in [-0.2, -0.15) is 0 Å². The third-order valence-corrected chi connectivity index (χ3v) is 5.02. The Hall–Kier alpha value is -2.49. The molecule has 8 nitrogen and oxygen atoms in total. The van der Waals surface area contributed by atoms with Crippen LogP contribution < -0.4 is 10.1 Å². The van der Waals surface area contributed by atoms with Crippen LogP contribution in [0.25, 0.3) is 0 Å². The maximum Gasteiger partial charge on any atom is 0.303 e. The minimum atomic E-state index is -1.51. The summed E-state index contributed by atoms with van der Waals surface area (Å²) in [5.41, 5.74) is 0. The molecule has 0 bridgehead atoms. The van der Waals surface area contributed by atoms with E-state index in [4.69, 9.17) is 9.84 Å². The largest absolute Gasteiger partial charge is 0.490 e. The Morgan fingerprint density at radius 2 is 1.90 bits per heavy atom. The third kappa shape index (κ3) is 7.40. The Morgan fingerprint density at radius 1 is 1.20 bits per heavy atom. The summed E-state index contributed by atoms with van der Waals surface area (Å²) in [4.78, 5) is 22.8. The Balaban J connectivity index is 1.83. The summed E-state index contributed by atoms with van der Waals surface area (Å²) in [7, 11) is 0. The smallest absolute Gasteiger partial charge is 0.303 e. The second kappa shape index (κ2) is 11.6. The zero-order valence-corrected chi connectivity index (χ0v) is 16.5. The number of nitrogens with one attached hydrogen (secondary N) is 1. The summed E-state index contributed by atoms with van der Waals surface area (Å²) in [6, 6.07) is 4.39. The van der Waals surface area contributed by atoms with Gasteiger partial charge in [-0.1, -0.05) is 12.2 Å². The summed E-state index contributed by atoms with van der Waals surface area (Å²) in [6.45, 7) is -0.350. The van der Waals surface area contributed by atoms with E-state index in [0.717, 1.165) is 0 Å². The van der Waals surface area contributed by atoms with E-state index in [2.05, 4.69) is 5.32 Å². The molecule has 0 radical (unpaired) electrons. The predicted molar refractivity (Wildman–Crippen MR) is 105 cm³/mol. The zero-order valence-electron chi connectivity index (χ0n) is 16.5. The van der Waals surface area contributed by atoms with Crippen LogP contribution in [0.1, 0.15) is 32.1 Å². The average molecular weight is 425 g/mol. The fourth-order valence-corrected chi connectivity index (χ4v) is 3.38. The third-order valence-electron chi connectivity index (χ3n) is 5.02. The number of aliphatic carboxylic acids is 1. The van der Waals surface area contributed by atoms with Crippen molar-refractivity contribution in [3.05, 3.63) is 42.2 Å². The lowest BCUT2D eigenvalue weighted by Crippen LogP contribution is -2.49. The lowest BCUT2D eigenvalue weighted by molar-refractivity contribution is -0.137. The minimum absolute atomic E-state index is 0.0751. The number of amides is 1. The van der Waals surface area contributed by atoms with Gasteiger partial charge in [-0.25, -0.2) is 4.39 Å². The van der Waals surface area contributed by atoms with Crippen LogP contribution in [0.5, 0.6) is 5.75 Å². The van der Waals surface area contributed by atoms with E-state index in [9.17, 15) is 29.3 Å². The number of carboxylic acids is 1. The molecule has 0 spiro atoms. The first-order valence-corrected chi connectivity index (χ1v) is 9.87. The number of allylic oxidation sites excluding steroid dienone is 2. The van der Waals surface area contributed by atoms with Gasteiger partial charge in [0.05, 0.1) is 18.2 Å². The van der Waals surface area contributed by atoms with Crippen LogP contribution in [0.15, 0.2) is 36.4 Å². The standard InChI is InChI=1S/C21H28FNO7/c22-13-7-9-14(10-8-13)30-12-18(26)21(29)23-20-15(16(24)11-17(20)25)5-3-1-2-4-6-19(27)28/h1,3,7-10,15-18,20,24-26H,2,4-6,11-12H2,(H,23,29)(H,27,28)/b3-1-/t15-,16-,17+,18-,20+/m0/s1. The maximum atomic E-state index is 12.9. The summed E-state index contributed by atoms with van der Waals surface area (Å²) in [5, 5.41) is 41.6. The van der Waals surface area contributed by atoms with Gasteiger partial charge in [0.1, 0.15) is 18.2 Å². The van der Waals surface area contributed by atoms with Gasteiger partial charge in [-0.15, -0.1) is 0 Å². The number of rotatable bonds is 11. The number of benzene rings is 1. The average Bonchev–Trinajstić information content (AvgIpc) is 2.96. The van der Waals surface area contributed by atoms with Gasteiger partial charge in [0.25, 0.3) is 5.91 Å². The molecule has 5 N–H and O–H groups in total. The number of carbonyl (C=O) groups excluding carboxylic acids is 1. The Bertz CT molecular complexity index is 725. The van der Waals surface area contributed by atoms with E-state index in [1.165, 1.54) is 24.3 Å².